The first-order chi connectivity index (χ1) is 9.28. The average molecular weight is 283 g/mol. The van der Waals surface area contributed by atoms with Gasteiger partial charge in [-0.05, 0) is 36.6 Å². The first-order valence-electron chi connectivity index (χ1n) is 8.73. The fraction of sp³-hybridized carbons (Fsp3) is 1.00. The zero-order chi connectivity index (χ0) is 15.2. The molecule has 0 saturated carbocycles. The molecule has 0 N–H and O–H groups in total. The smallest absolute Gasteiger partial charge is 0.0110 e. The minimum atomic E-state index is 0.479. The second-order valence-electron chi connectivity index (χ2n) is 8.26. The molecule has 20 heavy (non-hydrogen) atoms. The van der Waals surface area contributed by atoms with Crippen molar-refractivity contribution >= 4 is 0 Å². The van der Waals surface area contributed by atoms with Gasteiger partial charge in [0.15, 0.2) is 0 Å². The van der Waals surface area contributed by atoms with Crippen LogP contribution in [-0.4, -0.2) is 49.1 Å². The van der Waals surface area contributed by atoms with E-state index in [0.717, 1.165) is 0 Å². The minimum absolute atomic E-state index is 0.479. The van der Waals surface area contributed by atoms with Crippen molar-refractivity contribution in [3.05, 3.63) is 0 Å². The molecule has 0 atom stereocenters. The third kappa shape index (κ3) is 6.58. The Labute approximate surface area is 127 Å². The minimum Gasteiger partial charge on any atom is -0.301 e. The first-order valence-corrected chi connectivity index (χ1v) is 8.73. The van der Waals surface area contributed by atoms with Crippen LogP contribution in [0.15, 0.2) is 0 Å². The van der Waals surface area contributed by atoms with Crippen LogP contribution in [0.2, 0.25) is 0 Å². The van der Waals surface area contributed by atoms with E-state index in [-0.39, 0.29) is 0 Å². The molecule has 0 aromatic heterocycles. The van der Waals surface area contributed by atoms with Crippen molar-refractivity contribution < 1.29 is 0 Å². The highest BCUT2D eigenvalue weighted by Crippen LogP contribution is 2.26. The monoisotopic (exact) mass is 282 g/mol. The summed E-state index contributed by atoms with van der Waals surface area (Å²) in [6.07, 6.45) is 5.31. The summed E-state index contributed by atoms with van der Waals surface area (Å²) in [5, 5.41) is 0. The van der Waals surface area contributed by atoms with Crippen LogP contribution in [0.5, 0.6) is 0 Å². The van der Waals surface area contributed by atoms with Crippen molar-refractivity contribution in [1.29, 1.82) is 0 Å². The Kier molecular flexibility index (Phi) is 7.00. The molecule has 2 nitrogen and oxygen atoms in total. The molecule has 0 unspecified atom stereocenters. The van der Waals surface area contributed by atoms with E-state index < -0.39 is 0 Å². The third-order valence-corrected chi connectivity index (χ3v) is 5.36. The molecule has 0 spiro atoms. The summed E-state index contributed by atoms with van der Waals surface area (Å²) >= 11 is 0. The highest BCUT2D eigenvalue weighted by Gasteiger charge is 2.23. The van der Waals surface area contributed by atoms with E-state index >= 15 is 0 Å². The predicted molar refractivity (Wildman–Crippen MR) is 90.3 cm³/mol. The van der Waals surface area contributed by atoms with Gasteiger partial charge in [-0.2, -0.15) is 0 Å². The molecule has 1 aliphatic heterocycles. The highest BCUT2D eigenvalue weighted by molar-refractivity contribution is 4.78. The molecule has 120 valence electrons. The van der Waals surface area contributed by atoms with Crippen molar-refractivity contribution in [2.24, 2.45) is 10.8 Å². The Hall–Kier alpha value is -0.0800. The van der Waals surface area contributed by atoms with E-state index in [2.05, 4.69) is 51.3 Å². The Balaban J connectivity index is 2.19. The van der Waals surface area contributed by atoms with Gasteiger partial charge in [-0.15, -0.1) is 0 Å². The fourth-order valence-electron chi connectivity index (χ4n) is 2.85. The largest absolute Gasteiger partial charge is 0.301 e. The molecule has 0 aromatic carbocycles. The van der Waals surface area contributed by atoms with Crippen LogP contribution in [0.1, 0.15) is 67.2 Å². The maximum absolute atomic E-state index is 2.67. The van der Waals surface area contributed by atoms with E-state index in [0.29, 0.717) is 10.8 Å². The Morgan fingerprint density at radius 2 is 1.25 bits per heavy atom. The third-order valence-electron chi connectivity index (χ3n) is 5.36. The lowest BCUT2D eigenvalue weighted by atomic mass is 9.85. The van der Waals surface area contributed by atoms with E-state index in [1.807, 2.05) is 0 Å². The molecule has 1 heterocycles. The SMILES string of the molecule is CCC(C)(C)CCCN1CCN(CC(C)(C)CC)CC1. The Morgan fingerprint density at radius 3 is 1.75 bits per heavy atom. The molecular formula is C18H38N2. The Bertz CT molecular complexity index is 263. The molecule has 2 heteroatoms. The topological polar surface area (TPSA) is 6.48 Å². The lowest BCUT2D eigenvalue weighted by Crippen LogP contribution is -2.49. The van der Waals surface area contributed by atoms with Crippen LogP contribution in [0.25, 0.3) is 0 Å². The second kappa shape index (κ2) is 7.79. The molecule has 1 saturated heterocycles. The number of rotatable bonds is 8. The number of hydrogen-bond acceptors (Lipinski definition) is 2. The summed E-state index contributed by atoms with van der Waals surface area (Å²) in [6.45, 7) is 21.8. The van der Waals surface area contributed by atoms with E-state index in [1.165, 1.54) is 65.0 Å². The van der Waals surface area contributed by atoms with E-state index in [1.54, 1.807) is 0 Å². The van der Waals surface area contributed by atoms with Crippen LogP contribution in [0.4, 0.5) is 0 Å². The lowest BCUT2D eigenvalue weighted by molar-refractivity contribution is 0.0923. The van der Waals surface area contributed by atoms with Gasteiger partial charge in [0.25, 0.3) is 0 Å². The molecule has 0 amide bonds. The molecule has 0 aromatic rings. The van der Waals surface area contributed by atoms with Crippen LogP contribution in [0.3, 0.4) is 0 Å². The quantitative estimate of drug-likeness (QED) is 0.656. The van der Waals surface area contributed by atoms with Crippen molar-refractivity contribution in [1.82, 2.24) is 9.80 Å². The molecule has 0 radical (unpaired) electrons. The summed E-state index contributed by atoms with van der Waals surface area (Å²) in [4.78, 5) is 5.33. The zero-order valence-electron chi connectivity index (χ0n) is 15.0. The van der Waals surface area contributed by atoms with Gasteiger partial charge in [-0.25, -0.2) is 0 Å². The lowest BCUT2D eigenvalue weighted by Gasteiger charge is -2.39. The first kappa shape index (κ1) is 18.0. The molecule has 0 bridgehead atoms. The molecule has 1 fully saturated rings. The van der Waals surface area contributed by atoms with Gasteiger partial charge in [-0.3, -0.25) is 0 Å². The van der Waals surface area contributed by atoms with Gasteiger partial charge in [0.1, 0.15) is 0 Å². The van der Waals surface area contributed by atoms with Gasteiger partial charge in [0.05, 0.1) is 0 Å². The Morgan fingerprint density at radius 1 is 0.750 bits per heavy atom. The van der Waals surface area contributed by atoms with Gasteiger partial charge in [-0.1, -0.05) is 48.0 Å². The normalized spacial score (nSPS) is 19.5. The number of nitrogens with zero attached hydrogens (tertiary/aromatic N) is 2. The maximum Gasteiger partial charge on any atom is 0.0110 e. The standard InChI is InChI=1S/C18H38N2/c1-7-17(3,4)10-9-11-19-12-14-20(15-13-19)16-18(5,6)8-2/h7-16H2,1-6H3. The molecule has 0 aliphatic carbocycles. The predicted octanol–water partition coefficient (Wildman–Crippen LogP) is 4.26. The van der Waals surface area contributed by atoms with E-state index in [9.17, 15) is 0 Å². The zero-order valence-corrected chi connectivity index (χ0v) is 15.0. The fourth-order valence-corrected chi connectivity index (χ4v) is 2.85. The van der Waals surface area contributed by atoms with E-state index in [4.69, 9.17) is 0 Å². The summed E-state index contributed by atoms with van der Waals surface area (Å²) in [6, 6.07) is 0. The van der Waals surface area contributed by atoms with Crippen molar-refractivity contribution in [3.63, 3.8) is 0 Å². The molecule has 1 aliphatic rings. The highest BCUT2D eigenvalue weighted by atomic mass is 15.3. The molecular weight excluding hydrogens is 244 g/mol. The van der Waals surface area contributed by atoms with Crippen molar-refractivity contribution in [2.75, 3.05) is 39.3 Å². The van der Waals surface area contributed by atoms with Gasteiger partial charge in [0.2, 0.25) is 0 Å². The molecule has 1 rings (SSSR count). The summed E-state index contributed by atoms with van der Waals surface area (Å²) in [5.74, 6) is 0. The number of hydrogen-bond donors (Lipinski definition) is 0. The van der Waals surface area contributed by atoms with Gasteiger partial charge in [0, 0.05) is 32.7 Å². The maximum atomic E-state index is 2.67. The number of piperazine rings is 1. The average Bonchev–Trinajstić information content (AvgIpc) is 2.40. The summed E-state index contributed by atoms with van der Waals surface area (Å²) in [5.41, 5.74) is 1.01. The van der Waals surface area contributed by atoms with Crippen LogP contribution in [0, 0.1) is 10.8 Å². The van der Waals surface area contributed by atoms with Crippen molar-refractivity contribution in [3.8, 4) is 0 Å². The van der Waals surface area contributed by atoms with Gasteiger partial charge >= 0.3 is 0 Å². The van der Waals surface area contributed by atoms with Crippen LogP contribution in [-0.2, 0) is 0 Å². The van der Waals surface area contributed by atoms with Gasteiger partial charge < -0.3 is 9.80 Å². The van der Waals surface area contributed by atoms with Crippen molar-refractivity contribution in [2.45, 2.75) is 67.2 Å². The second-order valence-corrected chi connectivity index (χ2v) is 8.26. The van der Waals surface area contributed by atoms with Crippen LogP contribution < -0.4 is 0 Å². The summed E-state index contributed by atoms with van der Waals surface area (Å²) in [7, 11) is 0. The summed E-state index contributed by atoms with van der Waals surface area (Å²) < 4.78 is 0. The van der Waals surface area contributed by atoms with Crippen LogP contribution >= 0.6 is 0 Å².